The molecule has 1 aliphatic heterocycles. The van der Waals surface area contributed by atoms with Gasteiger partial charge in [-0.05, 0) is 6.07 Å². The highest BCUT2D eigenvalue weighted by Crippen LogP contribution is 2.27. The van der Waals surface area contributed by atoms with Crippen molar-refractivity contribution in [2.45, 2.75) is 6.23 Å². The van der Waals surface area contributed by atoms with Crippen molar-refractivity contribution in [3.05, 3.63) is 29.8 Å². The van der Waals surface area contributed by atoms with Crippen LogP contribution in [0.2, 0.25) is 0 Å². The molecule has 0 aromatic heterocycles. The number of rotatable bonds is 1. The molecule has 13 heavy (non-hydrogen) atoms. The smallest absolute Gasteiger partial charge is 0.175 e. The number of hydrogen-bond acceptors (Lipinski definition) is 3. The van der Waals surface area contributed by atoms with Gasteiger partial charge in [-0.25, -0.2) is 4.99 Å². The first-order valence-electron chi connectivity index (χ1n) is 3.98. The molecule has 0 spiro atoms. The molecule has 2 N–H and O–H groups in total. The topological polar surface area (TPSA) is 44.6 Å². The van der Waals surface area contributed by atoms with E-state index in [1.165, 1.54) is 0 Å². The van der Waals surface area contributed by atoms with Crippen molar-refractivity contribution in [3.8, 4) is 0 Å². The highest BCUT2D eigenvalue weighted by atomic mass is 35.5. The van der Waals surface area contributed by atoms with Gasteiger partial charge in [0, 0.05) is 11.3 Å². The Morgan fingerprint density at radius 3 is 3.00 bits per heavy atom. The predicted octanol–water partition coefficient (Wildman–Crippen LogP) is 1.74. The third kappa shape index (κ3) is 1.53. The molecule has 2 rings (SSSR count). The minimum atomic E-state index is -0.786. The zero-order valence-corrected chi connectivity index (χ0v) is 7.62. The Balaban J connectivity index is 2.40. The van der Waals surface area contributed by atoms with Gasteiger partial charge in [0.2, 0.25) is 0 Å². The van der Waals surface area contributed by atoms with E-state index in [0.29, 0.717) is 5.84 Å². The molecule has 1 aromatic rings. The Morgan fingerprint density at radius 1 is 1.46 bits per heavy atom. The van der Waals surface area contributed by atoms with Gasteiger partial charge in [-0.3, -0.25) is 0 Å². The Labute approximate surface area is 81.1 Å². The maximum Gasteiger partial charge on any atom is 0.175 e. The van der Waals surface area contributed by atoms with E-state index in [1.54, 1.807) is 0 Å². The fourth-order valence-corrected chi connectivity index (χ4v) is 1.44. The molecule has 1 heterocycles. The standard InChI is InChI=1S/C9H9ClN2O/c10-5-8-11-7-4-2-1-3-6(7)9(13)12-8/h1-4,9,13H,5H2,(H,11,12)/t9-/m1/s1. The van der Waals surface area contributed by atoms with E-state index in [9.17, 15) is 5.11 Å². The zero-order valence-electron chi connectivity index (χ0n) is 6.87. The molecular weight excluding hydrogens is 188 g/mol. The van der Waals surface area contributed by atoms with Crippen molar-refractivity contribution in [2.75, 3.05) is 11.2 Å². The number of halogens is 1. The van der Waals surface area contributed by atoms with Crippen molar-refractivity contribution in [2.24, 2.45) is 4.99 Å². The number of alkyl halides is 1. The molecule has 4 heteroatoms. The second-order valence-electron chi connectivity index (χ2n) is 2.80. The number of fused-ring (bicyclic) bond motifs is 1. The number of anilines is 1. The van der Waals surface area contributed by atoms with E-state index < -0.39 is 6.23 Å². The second kappa shape index (κ2) is 3.36. The van der Waals surface area contributed by atoms with Crippen LogP contribution in [0.3, 0.4) is 0 Å². The summed E-state index contributed by atoms with van der Waals surface area (Å²) in [5, 5.41) is 12.6. The van der Waals surface area contributed by atoms with Crippen LogP contribution in [-0.2, 0) is 0 Å². The molecular formula is C9H9ClN2O. The summed E-state index contributed by atoms with van der Waals surface area (Å²) in [4.78, 5) is 3.97. The molecule has 0 amide bonds. The molecule has 0 bridgehead atoms. The largest absolute Gasteiger partial charge is 0.368 e. The van der Waals surface area contributed by atoms with Crippen molar-refractivity contribution in [3.63, 3.8) is 0 Å². The van der Waals surface area contributed by atoms with Crippen LogP contribution < -0.4 is 5.32 Å². The van der Waals surface area contributed by atoms with Gasteiger partial charge < -0.3 is 10.4 Å². The summed E-state index contributed by atoms with van der Waals surface area (Å²) in [7, 11) is 0. The third-order valence-electron chi connectivity index (χ3n) is 1.92. The van der Waals surface area contributed by atoms with E-state index in [4.69, 9.17) is 11.6 Å². The Bertz CT molecular complexity index is 351. The Hall–Kier alpha value is -1.06. The van der Waals surface area contributed by atoms with Gasteiger partial charge >= 0.3 is 0 Å². The monoisotopic (exact) mass is 196 g/mol. The molecule has 0 unspecified atom stereocenters. The summed E-state index contributed by atoms with van der Waals surface area (Å²) in [5.74, 6) is 0.888. The van der Waals surface area contributed by atoms with Gasteiger partial charge in [-0.2, -0.15) is 0 Å². The highest BCUT2D eigenvalue weighted by molar-refractivity contribution is 6.30. The van der Waals surface area contributed by atoms with Gasteiger partial charge in [-0.15, -0.1) is 11.6 Å². The number of aliphatic hydroxyl groups excluding tert-OH is 1. The van der Waals surface area contributed by atoms with E-state index in [1.807, 2.05) is 24.3 Å². The van der Waals surface area contributed by atoms with Crippen LogP contribution in [0.25, 0.3) is 0 Å². The summed E-state index contributed by atoms with van der Waals surface area (Å²) >= 11 is 5.61. The number of aliphatic imine (C=N–C) groups is 1. The molecule has 1 aromatic carbocycles. The number of hydrogen-bond donors (Lipinski definition) is 2. The van der Waals surface area contributed by atoms with Crippen LogP contribution in [0.15, 0.2) is 29.3 Å². The normalized spacial score (nSPS) is 20.2. The summed E-state index contributed by atoms with van der Waals surface area (Å²) in [6.45, 7) is 0. The number of para-hydroxylation sites is 1. The van der Waals surface area contributed by atoms with Crippen LogP contribution in [0.5, 0.6) is 0 Å². The van der Waals surface area contributed by atoms with Crippen molar-refractivity contribution >= 4 is 23.1 Å². The number of amidine groups is 1. The average molecular weight is 197 g/mol. The lowest BCUT2D eigenvalue weighted by molar-refractivity contribution is 0.188. The average Bonchev–Trinajstić information content (AvgIpc) is 2.18. The van der Waals surface area contributed by atoms with Gasteiger partial charge in [-0.1, -0.05) is 18.2 Å². The van der Waals surface area contributed by atoms with Gasteiger partial charge in [0.25, 0.3) is 0 Å². The van der Waals surface area contributed by atoms with Gasteiger partial charge in [0.1, 0.15) is 5.84 Å². The lowest BCUT2D eigenvalue weighted by Crippen LogP contribution is -2.21. The van der Waals surface area contributed by atoms with Crippen LogP contribution in [0.4, 0.5) is 5.69 Å². The quantitative estimate of drug-likeness (QED) is 0.672. The van der Waals surface area contributed by atoms with Crippen LogP contribution in [0, 0.1) is 0 Å². The molecule has 1 aliphatic rings. The molecule has 1 atom stereocenters. The lowest BCUT2D eigenvalue weighted by atomic mass is 10.1. The molecule has 68 valence electrons. The molecule has 0 saturated carbocycles. The van der Waals surface area contributed by atoms with E-state index in [-0.39, 0.29) is 5.88 Å². The van der Waals surface area contributed by atoms with E-state index in [0.717, 1.165) is 11.3 Å². The zero-order chi connectivity index (χ0) is 9.26. The van der Waals surface area contributed by atoms with Crippen molar-refractivity contribution < 1.29 is 5.11 Å². The molecule has 0 radical (unpaired) electrons. The minimum Gasteiger partial charge on any atom is -0.368 e. The first kappa shape index (κ1) is 8.53. The second-order valence-corrected chi connectivity index (χ2v) is 3.06. The maximum atomic E-state index is 9.58. The summed E-state index contributed by atoms with van der Waals surface area (Å²) in [5.41, 5.74) is 1.66. The maximum absolute atomic E-state index is 9.58. The number of nitrogens with zero attached hydrogens (tertiary/aromatic N) is 1. The molecule has 0 aliphatic carbocycles. The van der Waals surface area contributed by atoms with Crippen molar-refractivity contribution in [1.29, 1.82) is 0 Å². The van der Waals surface area contributed by atoms with Crippen LogP contribution >= 0.6 is 11.6 Å². The molecule has 0 fully saturated rings. The van der Waals surface area contributed by atoms with E-state index >= 15 is 0 Å². The summed E-state index contributed by atoms with van der Waals surface area (Å²) < 4.78 is 0. The molecule has 0 saturated heterocycles. The Morgan fingerprint density at radius 2 is 2.23 bits per heavy atom. The Kier molecular flexibility index (Phi) is 2.20. The fourth-order valence-electron chi connectivity index (χ4n) is 1.31. The van der Waals surface area contributed by atoms with Crippen LogP contribution in [-0.4, -0.2) is 16.8 Å². The SMILES string of the molecule is O[C@H]1N=C(CCl)Nc2ccccc21. The predicted molar refractivity (Wildman–Crippen MR) is 53.2 cm³/mol. The number of nitrogens with one attached hydrogen (secondary N) is 1. The minimum absolute atomic E-state index is 0.283. The summed E-state index contributed by atoms with van der Waals surface area (Å²) in [6.07, 6.45) is -0.786. The number of aliphatic hydroxyl groups is 1. The summed E-state index contributed by atoms with van der Waals surface area (Å²) in [6, 6.07) is 7.49. The highest BCUT2D eigenvalue weighted by Gasteiger charge is 2.17. The fraction of sp³-hybridized carbons (Fsp3) is 0.222. The van der Waals surface area contributed by atoms with E-state index in [2.05, 4.69) is 10.3 Å². The van der Waals surface area contributed by atoms with Crippen LogP contribution in [0.1, 0.15) is 11.8 Å². The van der Waals surface area contributed by atoms with Gasteiger partial charge in [0.05, 0.1) is 5.88 Å². The molecule has 3 nitrogen and oxygen atoms in total. The first-order valence-corrected chi connectivity index (χ1v) is 4.51. The van der Waals surface area contributed by atoms with Crippen molar-refractivity contribution in [1.82, 2.24) is 0 Å². The van der Waals surface area contributed by atoms with Gasteiger partial charge in [0.15, 0.2) is 6.23 Å². The lowest BCUT2D eigenvalue weighted by Gasteiger charge is -2.20. The number of benzene rings is 1. The first-order chi connectivity index (χ1) is 6.31. The third-order valence-corrected chi connectivity index (χ3v) is 2.18.